The van der Waals surface area contributed by atoms with Crippen molar-refractivity contribution in [2.45, 2.75) is 25.3 Å². The number of anilines is 1. The Labute approximate surface area is 138 Å². The van der Waals surface area contributed by atoms with Crippen molar-refractivity contribution in [1.82, 2.24) is 14.9 Å². The minimum absolute atomic E-state index is 0.00403. The third-order valence-electron chi connectivity index (χ3n) is 3.41. The number of nitrogens with zero attached hydrogens (tertiary/aromatic N) is 3. The van der Waals surface area contributed by atoms with Crippen molar-refractivity contribution in [2.24, 2.45) is 0 Å². The summed E-state index contributed by atoms with van der Waals surface area (Å²) in [7, 11) is -3.83. The highest BCUT2D eigenvalue weighted by atomic mass is 32.2. The Balaban J connectivity index is 1.80. The molecule has 1 N–H and O–H groups in total. The fourth-order valence-corrected chi connectivity index (χ4v) is 3.73. The number of aryl methyl sites for hydroxylation is 2. The van der Waals surface area contributed by atoms with Crippen molar-refractivity contribution < 1.29 is 17.3 Å². The molecule has 0 saturated carbocycles. The molecule has 0 radical (unpaired) electrons. The normalized spacial score (nSPS) is 11.6. The molecule has 3 rings (SSSR count). The maximum atomic E-state index is 13.7. The van der Waals surface area contributed by atoms with E-state index in [1.807, 2.05) is 0 Å². The number of nitrogens with one attached hydrogen (secondary N) is 1. The number of hydrogen-bond donors (Lipinski definition) is 1. The molecular weight excluding hydrogens is 335 g/mol. The Morgan fingerprint density at radius 2 is 2.04 bits per heavy atom. The van der Waals surface area contributed by atoms with Crippen molar-refractivity contribution in [3.05, 3.63) is 59.5 Å². The van der Waals surface area contributed by atoms with E-state index in [9.17, 15) is 12.8 Å². The van der Waals surface area contributed by atoms with Crippen LogP contribution in [0.25, 0.3) is 0 Å². The van der Waals surface area contributed by atoms with E-state index in [0.29, 0.717) is 5.56 Å². The Bertz CT molecular complexity index is 959. The Morgan fingerprint density at radius 1 is 1.29 bits per heavy atom. The standard InChI is InChI=1S/C15H15FN4O3S/c1-10-15(11(2)23-18-10)24(21,22)19-13-7-17-20(9-13)8-12-5-3-4-6-14(12)16/h3-7,9,19H,8H2,1-2H3. The summed E-state index contributed by atoms with van der Waals surface area (Å²) in [5, 5.41) is 7.69. The lowest BCUT2D eigenvalue weighted by Gasteiger charge is -2.05. The van der Waals surface area contributed by atoms with Gasteiger partial charge in [0, 0.05) is 11.8 Å². The molecule has 0 spiro atoms. The van der Waals surface area contributed by atoms with Gasteiger partial charge in [0.15, 0.2) is 10.7 Å². The van der Waals surface area contributed by atoms with Gasteiger partial charge in [0.2, 0.25) is 0 Å². The highest BCUT2D eigenvalue weighted by Crippen LogP contribution is 2.22. The molecule has 2 heterocycles. The van der Waals surface area contributed by atoms with E-state index >= 15 is 0 Å². The van der Waals surface area contributed by atoms with Crippen molar-refractivity contribution in [1.29, 1.82) is 0 Å². The highest BCUT2D eigenvalue weighted by molar-refractivity contribution is 7.92. The summed E-state index contributed by atoms with van der Waals surface area (Å²) in [4.78, 5) is 0.00403. The van der Waals surface area contributed by atoms with Gasteiger partial charge in [-0.15, -0.1) is 0 Å². The third kappa shape index (κ3) is 3.16. The number of sulfonamides is 1. The molecule has 3 aromatic rings. The second-order valence-electron chi connectivity index (χ2n) is 5.28. The zero-order valence-electron chi connectivity index (χ0n) is 13.0. The summed E-state index contributed by atoms with van der Waals surface area (Å²) < 4.78 is 47.2. The minimum Gasteiger partial charge on any atom is -0.360 e. The van der Waals surface area contributed by atoms with Crippen LogP contribution in [0.3, 0.4) is 0 Å². The molecule has 0 fully saturated rings. The summed E-state index contributed by atoms with van der Waals surface area (Å²) in [5.41, 5.74) is 1.01. The van der Waals surface area contributed by atoms with Gasteiger partial charge in [0.1, 0.15) is 11.5 Å². The smallest absolute Gasteiger partial charge is 0.267 e. The zero-order valence-corrected chi connectivity index (χ0v) is 13.8. The average molecular weight is 350 g/mol. The van der Waals surface area contributed by atoms with Crippen LogP contribution in [0.5, 0.6) is 0 Å². The van der Waals surface area contributed by atoms with Crippen LogP contribution in [0, 0.1) is 19.7 Å². The van der Waals surface area contributed by atoms with Crippen molar-refractivity contribution in [3.8, 4) is 0 Å². The molecule has 2 aromatic heterocycles. The van der Waals surface area contributed by atoms with Crippen LogP contribution in [0.1, 0.15) is 17.0 Å². The van der Waals surface area contributed by atoms with Crippen LogP contribution in [-0.2, 0) is 16.6 Å². The fraction of sp³-hybridized carbons (Fsp3) is 0.200. The van der Waals surface area contributed by atoms with E-state index in [1.54, 1.807) is 25.1 Å². The lowest BCUT2D eigenvalue weighted by Crippen LogP contribution is -2.14. The lowest BCUT2D eigenvalue weighted by molar-refractivity contribution is 0.390. The van der Waals surface area contributed by atoms with E-state index in [-0.39, 0.29) is 34.4 Å². The van der Waals surface area contributed by atoms with Crippen LogP contribution in [-0.4, -0.2) is 23.4 Å². The van der Waals surface area contributed by atoms with Gasteiger partial charge in [0.25, 0.3) is 10.0 Å². The highest BCUT2D eigenvalue weighted by Gasteiger charge is 2.24. The van der Waals surface area contributed by atoms with E-state index in [4.69, 9.17) is 4.52 Å². The first kappa shape index (κ1) is 16.2. The Morgan fingerprint density at radius 3 is 2.71 bits per heavy atom. The molecule has 0 aliphatic heterocycles. The van der Waals surface area contributed by atoms with Crippen molar-refractivity contribution in [3.63, 3.8) is 0 Å². The zero-order chi connectivity index (χ0) is 17.3. The van der Waals surface area contributed by atoms with E-state index in [0.717, 1.165) is 0 Å². The van der Waals surface area contributed by atoms with Gasteiger partial charge in [0.05, 0.1) is 18.4 Å². The molecule has 1 aromatic carbocycles. The number of halogens is 1. The molecule has 0 aliphatic carbocycles. The van der Waals surface area contributed by atoms with Crippen LogP contribution in [0.4, 0.5) is 10.1 Å². The van der Waals surface area contributed by atoms with Gasteiger partial charge in [-0.25, -0.2) is 12.8 Å². The third-order valence-corrected chi connectivity index (χ3v) is 5.04. The Hall–Kier alpha value is -2.68. The van der Waals surface area contributed by atoms with Crippen molar-refractivity contribution in [2.75, 3.05) is 4.72 Å². The van der Waals surface area contributed by atoms with E-state index in [2.05, 4.69) is 15.0 Å². The first-order valence-electron chi connectivity index (χ1n) is 7.08. The van der Waals surface area contributed by atoms with Crippen LogP contribution < -0.4 is 4.72 Å². The molecule has 9 heteroatoms. The summed E-state index contributed by atoms with van der Waals surface area (Å²) in [6.07, 6.45) is 2.85. The first-order chi connectivity index (χ1) is 11.4. The monoisotopic (exact) mass is 350 g/mol. The predicted molar refractivity (Wildman–Crippen MR) is 84.5 cm³/mol. The maximum Gasteiger partial charge on any atom is 0.267 e. The summed E-state index contributed by atoms with van der Waals surface area (Å²) in [6.45, 7) is 3.27. The SMILES string of the molecule is Cc1noc(C)c1S(=O)(=O)Nc1cnn(Cc2ccccc2F)c1. The number of rotatable bonds is 5. The minimum atomic E-state index is -3.83. The summed E-state index contributed by atoms with van der Waals surface area (Å²) >= 11 is 0. The summed E-state index contributed by atoms with van der Waals surface area (Å²) in [6, 6.07) is 6.33. The summed E-state index contributed by atoms with van der Waals surface area (Å²) in [5.74, 6) is -0.135. The van der Waals surface area contributed by atoms with E-state index in [1.165, 1.54) is 30.1 Å². The Kier molecular flexibility index (Phi) is 4.10. The van der Waals surface area contributed by atoms with Crippen LogP contribution >= 0.6 is 0 Å². The molecule has 0 bridgehead atoms. The second kappa shape index (κ2) is 6.08. The lowest BCUT2D eigenvalue weighted by atomic mass is 10.2. The molecule has 0 saturated heterocycles. The molecule has 0 unspecified atom stereocenters. The van der Waals surface area contributed by atoms with Crippen molar-refractivity contribution >= 4 is 15.7 Å². The van der Waals surface area contributed by atoms with Crippen LogP contribution in [0.15, 0.2) is 46.1 Å². The molecule has 24 heavy (non-hydrogen) atoms. The molecular formula is C15H15FN4O3S. The largest absolute Gasteiger partial charge is 0.360 e. The van der Waals surface area contributed by atoms with Gasteiger partial charge in [-0.3, -0.25) is 9.40 Å². The maximum absolute atomic E-state index is 13.7. The van der Waals surface area contributed by atoms with Gasteiger partial charge < -0.3 is 4.52 Å². The molecule has 0 aliphatic rings. The van der Waals surface area contributed by atoms with Gasteiger partial charge in [-0.05, 0) is 19.9 Å². The number of benzene rings is 1. The first-order valence-corrected chi connectivity index (χ1v) is 8.56. The molecule has 0 atom stereocenters. The van der Waals surface area contributed by atoms with Gasteiger partial charge >= 0.3 is 0 Å². The fourth-order valence-electron chi connectivity index (χ4n) is 2.37. The quantitative estimate of drug-likeness (QED) is 0.763. The molecule has 7 nitrogen and oxygen atoms in total. The second-order valence-corrected chi connectivity index (χ2v) is 6.90. The topological polar surface area (TPSA) is 90.0 Å². The van der Waals surface area contributed by atoms with Gasteiger partial charge in [-0.2, -0.15) is 5.10 Å². The molecule has 0 amide bonds. The average Bonchev–Trinajstić information content (AvgIpc) is 3.08. The number of hydrogen-bond acceptors (Lipinski definition) is 5. The van der Waals surface area contributed by atoms with E-state index < -0.39 is 10.0 Å². The van der Waals surface area contributed by atoms with Crippen LogP contribution in [0.2, 0.25) is 0 Å². The molecule has 126 valence electrons. The predicted octanol–water partition coefficient (Wildman–Crippen LogP) is 2.48. The van der Waals surface area contributed by atoms with Gasteiger partial charge in [-0.1, -0.05) is 23.4 Å². The number of aromatic nitrogens is 3.